The number of piperidine rings is 1. The van der Waals surface area contributed by atoms with Crippen LogP contribution in [0, 0.1) is 0 Å². The number of benzene rings is 2. The van der Waals surface area contributed by atoms with E-state index >= 15 is 0 Å². The number of hydrogen-bond acceptors (Lipinski definition) is 5. The molecule has 28 heavy (non-hydrogen) atoms. The highest BCUT2D eigenvalue weighted by atomic mass is 32.1. The molecule has 6 heteroatoms. The summed E-state index contributed by atoms with van der Waals surface area (Å²) in [7, 11) is 0. The van der Waals surface area contributed by atoms with Gasteiger partial charge in [-0.05, 0) is 55.3 Å². The van der Waals surface area contributed by atoms with Gasteiger partial charge in [0.25, 0.3) is 5.91 Å². The summed E-state index contributed by atoms with van der Waals surface area (Å²) in [6.07, 6.45) is 2.23. The van der Waals surface area contributed by atoms with Crippen LogP contribution in [0.25, 0.3) is 10.2 Å². The van der Waals surface area contributed by atoms with E-state index in [0.29, 0.717) is 17.9 Å². The van der Waals surface area contributed by atoms with Crippen LogP contribution in [-0.2, 0) is 6.42 Å². The molecule has 5 rings (SSSR count). The third kappa shape index (κ3) is 3.21. The van der Waals surface area contributed by atoms with E-state index in [1.165, 1.54) is 5.01 Å². The summed E-state index contributed by atoms with van der Waals surface area (Å²) in [5.74, 6) is 0.362. The molecule has 5 nitrogen and oxygen atoms in total. The Morgan fingerprint density at radius 1 is 1.18 bits per heavy atom. The SMILES string of the molecule is O=C(N[C@@H]1c2ccccc2C[C@@H]1O)c1ccc2nc(C3CCNCC3)sc2c1. The van der Waals surface area contributed by atoms with E-state index < -0.39 is 6.10 Å². The maximum atomic E-state index is 12.9. The van der Waals surface area contributed by atoms with Gasteiger partial charge in [0.05, 0.1) is 27.4 Å². The van der Waals surface area contributed by atoms with E-state index in [2.05, 4.69) is 10.6 Å². The average Bonchev–Trinajstić information content (AvgIpc) is 3.29. The second kappa shape index (κ2) is 7.28. The standard InChI is InChI=1S/C22H23N3O2S/c26-18-11-14-3-1-2-4-16(14)20(18)25-21(27)15-5-6-17-19(12-15)28-22(24-17)13-7-9-23-10-8-13/h1-6,12-13,18,20,23,26H,7-11H2,(H,25,27)/t18-,20+/m0/s1. The van der Waals surface area contributed by atoms with Crippen LogP contribution < -0.4 is 10.6 Å². The number of nitrogens with one attached hydrogen (secondary N) is 2. The van der Waals surface area contributed by atoms with Gasteiger partial charge in [-0.2, -0.15) is 0 Å². The van der Waals surface area contributed by atoms with Gasteiger partial charge in [-0.1, -0.05) is 24.3 Å². The Kier molecular flexibility index (Phi) is 4.62. The monoisotopic (exact) mass is 393 g/mol. The molecular formula is C22H23N3O2S. The Hall–Kier alpha value is -2.28. The van der Waals surface area contributed by atoms with Gasteiger partial charge in [0.1, 0.15) is 0 Å². The number of hydrogen-bond donors (Lipinski definition) is 3. The number of aromatic nitrogens is 1. The summed E-state index contributed by atoms with van der Waals surface area (Å²) in [5, 5.41) is 18.0. The molecule has 0 unspecified atom stereocenters. The maximum absolute atomic E-state index is 12.9. The lowest BCUT2D eigenvalue weighted by molar-refractivity contribution is 0.0858. The van der Waals surface area contributed by atoms with Gasteiger partial charge in [0.2, 0.25) is 0 Å². The van der Waals surface area contributed by atoms with Gasteiger partial charge in [-0.15, -0.1) is 11.3 Å². The number of nitrogens with zero attached hydrogens (tertiary/aromatic N) is 1. The summed E-state index contributed by atoms with van der Waals surface area (Å²) < 4.78 is 1.05. The molecule has 1 aromatic heterocycles. The maximum Gasteiger partial charge on any atom is 0.251 e. The fourth-order valence-corrected chi connectivity index (χ4v) is 5.48. The lowest BCUT2D eigenvalue weighted by Gasteiger charge is -2.20. The third-order valence-electron chi connectivity index (χ3n) is 5.85. The zero-order valence-electron chi connectivity index (χ0n) is 15.5. The first-order valence-corrected chi connectivity index (χ1v) is 10.7. The van der Waals surface area contributed by atoms with Crippen molar-refractivity contribution in [3.63, 3.8) is 0 Å². The summed E-state index contributed by atoms with van der Waals surface area (Å²) in [4.78, 5) is 17.7. The zero-order chi connectivity index (χ0) is 19.1. The van der Waals surface area contributed by atoms with Crippen LogP contribution in [0.3, 0.4) is 0 Å². The highest BCUT2D eigenvalue weighted by Crippen LogP contribution is 2.34. The predicted octanol–water partition coefficient (Wildman–Crippen LogP) is 3.15. The molecule has 3 N–H and O–H groups in total. The molecular weight excluding hydrogens is 370 g/mol. The van der Waals surface area contributed by atoms with E-state index in [4.69, 9.17) is 4.98 Å². The van der Waals surface area contributed by atoms with Crippen LogP contribution in [0.4, 0.5) is 0 Å². The molecule has 2 aromatic carbocycles. The van der Waals surface area contributed by atoms with Crippen molar-refractivity contribution in [2.24, 2.45) is 0 Å². The van der Waals surface area contributed by atoms with E-state index in [1.807, 2.05) is 42.5 Å². The summed E-state index contributed by atoms with van der Waals surface area (Å²) >= 11 is 1.70. The average molecular weight is 394 g/mol. The Morgan fingerprint density at radius 2 is 2.00 bits per heavy atom. The van der Waals surface area contributed by atoms with Crippen molar-refractivity contribution in [1.29, 1.82) is 0 Å². The molecule has 0 spiro atoms. The van der Waals surface area contributed by atoms with E-state index in [1.54, 1.807) is 11.3 Å². The number of thiazole rings is 1. The van der Waals surface area contributed by atoms with Gasteiger partial charge < -0.3 is 15.7 Å². The van der Waals surface area contributed by atoms with Crippen molar-refractivity contribution in [3.8, 4) is 0 Å². The minimum Gasteiger partial charge on any atom is -0.390 e. The number of amides is 1. The minimum absolute atomic E-state index is 0.153. The second-order valence-electron chi connectivity index (χ2n) is 7.68. The fourth-order valence-electron chi connectivity index (χ4n) is 4.30. The van der Waals surface area contributed by atoms with Crippen LogP contribution in [0.2, 0.25) is 0 Å². The molecule has 0 saturated carbocycles. The largest absolute Gasteiger partial charge is 0.390 e. The molecule has 1 aliphatic carbocycles. The number of aliphatic hydroxyl groups is 1. The molecule has 3 aromatic rings. The molecule has 2 heterocycles. The fraction of sp³-hybridized carbons (Fsp3) is 0.364. The smallest absolute Gasteiger partial charge is 0.251 e. The topological polar surface area (TPSA) is 74.2 Å². The molecule has 1 saturated heterocycles. The summed E-state index contributed by atoms with van der Waals surface area (Å²) in [6.45, 7) is 2.08. The second-order valence-corrected chi connectivity index (χ2v) is 8.74. The Balaban J connectivity index is 1.37. The lowest BCUT2D eigenvalue weighted by Crippen LogP contribution is -2.33. The van der Waals surface area contributed by atoms with E-state index in [0.717, 1.165) is 47.3 Å². The van der Waals surface area contributed by atoms with Crippen LogP contribution >= 0.6 is 11.3 Å². The Labute approximate surface area is 167 Å². The van der Waals surface area contributed by atoms with Crippen LogP contribution in [-0.4, -0.2) is 35.2 Å². The first-order valence-electron chi connectivity index (χ1n) is 9.87. The number of fused-ring (bicyclic) bond motifs is 2. The Morgan fingerprint density at radius 3 is 2.86 bits per heavy atom. The first-order chi connectivity index (χ1) is 13.7. The zero-order valence-corrected chi connectivity index (χ0v) is 16.3. The molecule has 0 bridgehead atoms. The highest BCUT2D eigenvalue weighted by Gasteiger charge is 2.32. The van der Waals surface area contributed by atoms with E-state index in [9.17, 15) is 9.90 Å². The van der Waals surface area contributed by atoms with E-state index in [-0.39, 0.29) is 11.9 Å². The van der Waals surface area contributed by atoms with Crippen molar-refractivity contribution >= 4 is 27.5 Å². The predicted molar refractivity (Wildman–Crippen MR) is 111 cm³/mol. The van der Waals surface area contributed by atoms with Gasteiger partial charge in [0, 0.05) is 17.9 Å². The Bertz CT molecular complexity index is 1030. The van der Waals surface area contributed by atoms with Gasteiger partial charge in [0.15, 0.2) is 0 Å². The molecule has 1 fully saturated rings. The normalized spacial score (nSPS) is 22.3. The van der Waals surface area contributed by atoms with Crippen LogP contribution in [0.1, 0.15) is 51.3 Å². The van der Waals surface area contributed by atoms with Crippen molar-refractivity contribution < 1.29 is 9.90 Å². The van der Waals surface area contributed by atoms with Gasteiger partial charge >= 0.3 is 0 Å². The van der Waals surface area contributed by atoms with Gasteiger partial charge in [-0.25, -0.2) is 4.98 Å². The molecule has 0 radical (unpaired) electrons. The number of rotatable bonds is 3. The minimum atomic E-state index is -0.583. The summed E-state index contributed by atoms with van der Waals surface area (Å²) in [5.41, 5.74) is 3.69. The summed E-state index contributed by atoms with van der Waals surface area (Å²) in [6, 6.07) is 13.2. The molecule has 2 aliphatic rings. The molecule has 1 aliphatic heterocycles. The van der Waals surface area contributed by atoms with Crippen molar-refractivity contribution in [1.82, 2.24) is 15.6 Å². The third-order valence-corrected chi connectivity index (χ3v) is 7.03. The number of carbonyl (C=O) groups excluding carboxylic acids is 1. The molecule has 1 amide bonds. The van der Waals surface area contributed by atoms with Gasteiger partial charge in [-0.3, -0.25) is 4.79 Å². The van der Waals surface area contributed by atoms with Crippen molar-refractivity contribution in [2.45, 2.75) is 37.3 Å². The first kappa shape index (κ1) is 17.8. The number of aliphatic hydroxyl groups excluding tert-OH is 1. The lowest BCUT2D eigenvalue weighted by atomic mass is 9.99. The quantitative estimate of drug-likeness (QED) is 0.639. The molecule has 144 valence electrons. The van der Waals surface area contributed by atoms with Crippen molar-refractivity contribution in [3.05, 3.63) is 64.2 Å². The van der Waals surface area contributed by atoms with Crippen molar-refractivity contribution in [2.75, 3.05) is 13.1 Å². The molecule has 2 atom stereocenters. The van der Waals surface area contributed by atoms with Crippen LogP contribution in [0.5, 0.6) is 0 Å². The highest BCUT2D eigenvalue weighted by molar-refractivity contribution is 7.18. The number of carbonyl (C=O) groups is 1. The van der Waals surface area contributed by atoms with Crippen LogP contribution in [0.15, 0.2) is 42.5 Å².